The van der Waals surface area contributed by atoms with Gasteiger partial charge < -0.3 is 69.7 Å². The van der Waals surface area contributed by atoms with Crippen molar-refractivity contribution in [2.45, 2.75) is 42.7 Å². The lowest BCUT2D eigenvalue weighted by Gasteiger charge is -2.40. The number of hydrogen-bond donors (Lipinski definition) is 10. The van der Waals surface area contributed by atoms with Crippen LogP contribution in [-0.4, -0.2) is 94.2 Å². The third kappa shape index (κ3) is 5.73. The van der Waals surface area contributed by atoms with Crippen LogP contribution in [0.5, 0.6) is 46.0 Å². The largest absolute Gasteiger partial charge is 0.508 e. The number of carbonyl (C=O) groups is 1. The van der Waals surface area contributed by atoms with Crippen LogP contribution in [0.1, 0.15) is 33.5 Å². The van der Waals surface area contributed by atoms with Crippen molar-refractivity contribution in [2.75, 3.05) is 6.61 Å². The molecule has 2 unspecified atom stereocenters. The molecule has 0 aliphatic carbocycles. The first kappa shape index (κ1) is 34.4. The monoisotopic (exact) mass is 718 g/mol. The Morgan fingerprint density at radius 2 is 1.44 bits per heavy atom. The van der Waals surface area contributed by atoms with Crippen molar-refractivity contribution in [1.82, 2.24) is 0 Å². The first-order valence-electron chi connectivity index (χ1n) is 15.7. The number of ether oxygens (including phenoxy) is 3. The van der Waals surface area contributed by atoms with Crippen molar-refractivity contribution < 1.29 is 74.5 Å². The van der Waals surface area contributed by atoms with E-state index in [4.69, 9.17) is 18.6 Å². The molecule has 0 saturated carbocycles. The molecule has 52 heavy (non-hydrogen) atoms. The van der Waals surface area contributed by atoms with Crippen LogP contribution in [0.15, 0.2) is 75.9 Å². The van der Waals surface area contributed by atoms with E-state index in [2.05, 4.69) is 0 Å². The van der Waals surface area contributed by atoms with Crippen LogP contribution in [0.3, 0.4) is 0 Å². The standard InChI is InChI=1S/C36H30O16/c37-12-25-30(45)32(47)33(48)36(52-25)51-24-11-21(44)26-20(43)10-22(14-3-6-17(40)18(41)7-14)49-35(26)28(24)29-31(46)27-19(42)8-16(39)9-23(27)50-34(29)13-1-4-15(38)5-2-13/h1-11,25,29-30,32-34,36-42,44-45,47-48H,12H2/t25-,29?,30-,32-,33-,34?,36-/m1/s1. The minimum atomic E-state index is -1.97. The molecule has 2 aliphatic heterocycles. The molecule has 16 heteroatoms. The number of aliphatic hydroxyl groups is 4. The summed E-state index contributed by atoms with van der Waals surface area (Å²) in [5, 5.41) is 103. The van der Waals surface area contributed by atoms with Gasteiger partial charge in [-0.1, -0.05) is 12.1 Å². The number of benzene rings is 4. The normalized spacial score (nSPS) is 24.3. The average Bonchev–Trinajstić information content (AvgIpc) is 3.10. The second-order valence-corrected chi connectivity index (χ2v) is 12.3. The lowest BCUT2D eigenvalue weighted by molar-refractivity contribution is -0.277. The summed E-state index contributed by atoms with van der Waals surface area (Å²) in [7, 11) is 0. The van der Waals surface area contributed by atoms with Crippen LogP contribution in [0.25, 0.3) is 22.3 Å². The van der Waals surface area contributed by atoms with E-state index < -0.39 is 112 Å². The Balaban J connectivity index is 1.53. The summed E-state index contributed by atoms with van der Waals surface area (Å²) >= 11 is 0. The Morgan fingerprint density at radius 1 is 0.712 bits per heavy atom. The molecule has 4 aromatic carbocycles. The fraction of sp³-hybridized carbons (Fsp3) is 0.222. The highest BCUT2D eigenvalue weighted by molar-refractivity contribution is 6.09. The smallest absolute Gasteiger partial charge is 0.229 e. The second kappa shape index (κ2) is 12.9. The highest BCUT2D eigenvalue weighted by Gasteiger charge is 2.48. The summed E-state index contributed by atoms with van der Waals surface area (Å²) < 4.78 is 24.0. The first-order chi connectivity index (χ1) is 24.8. The molecule has 1 saturated heterocycles. The van der Waals surface area contributed by atoms with E-state index in [1.165, 1.54) is 30.3 Å². The second-order valence-electron chi connectivity index (χ2n) is 12.3. The molecule has 3 heterocycles. The van der Waals surface area contributed by atoms with Crippen LogP contribution >= 0.6 is 0 Å². The number of aromatic hydroxyl groups is 6. The van der Waals surface area contributed by atoms with Gasteiger partial charge in [-0.25, -0.2) is 0 Å². The van der Waals surface area contributed by atoms with E-state index in [0.717, 1.165) is 36.4 Å². The molecule has 2 aliphatic rings. The molecule has 0 radical (unpaired) electrons. The summed E-state index contributed by atoms with van der Waals surface area (Å²) in [5.41, 5.74) is -1.75. The number of ketones is 1. The van der Waals surface area contributed by atoms with Crippen molar-refractivity contribution in [3.05, 3.63) is 93.6 Å². The van der Waals surface area contributed by atoms with Crippen molar-refractivity contribution in [3.8, 4) is 57.3 Å². The fourth-order valence-corrected chi connectivity index (χ4v) is 6.44. The van der Waals surface area contributed by atoms with Crippen molar-refractivity contribution in [3.63, 3.8) is 0 Å². The van der Waals surface area contributed by atoms with Gasteiger partial charge in [0.25, 0.3) is 0 Å². The minimum Gasteiger partial charge on any atom is -0.508 e. The van der Waals surface area contributed by atoms with Crippen molar-refractivity contribution in [2.24, 2.45) is 0 Å². The molecular formula is C36H30O16. The predicted octanol–water partition coefficient (Wildman–Crippen LogP) is 1.97. The van der Waals surface area contributed by atoms with Crippen LogP contribution < -0.4 is 14.9 Å². The summed E-state index contributed by atoms with van der Waals surface area (Å²) in [6.45, 7) is -0.820. The quantitative estimate of drug-likeness (QED) is 0.112. The Kier molecular flexibility index (Phi) is 8.56. The zero-order chi connectivity index (χ0) is 37.2. The third-order valence-electron chi connectivity index (χ3n) is 9.02. The van der Waals surface area contributed by atoms with Gasteiger partial charge in [-0.2, -0.15) is 0 Å². The lowest BCUT2D eigenvalue weighted by atomic mass is 9.79. The first-order valence-corrected chi connectivity index (χ1v) is 15.7. The van der Waals surface area contributed by atoms with E-state index in [-0.39, 0.29) is 33.9 Å². The summed E-state index contributed by atoms with van der Waals surface area (Å²) in [5.74, 6) is -6.56. The van der Waals surface area contributed by atoms with Crippen molar-refractivity contribution >= 4 is 16.8 Å². The maximum atomic E-state index is 14.7. The molecule has 1 aromatic heterocycles. The Hall–Kier alpha value is -6.04. The number of aliphatic hydroxyl groups excluding tert-OH is 4. The van der Waals surface area contributed by atoms with E-state index in [9.17, 15) is 60.7 Å². The molecular weight excluding hydrogens is 688 g/mol. The highest BCUT2D eigenvalue weighted by Crippen LogP contribution is 2.52. The Labute approximate surface area is 291 Å². The topological polar surface area (TPSA) is 277 Å². The minimum absolute atomic E-state index is 0.0692. The zero-order valence-corrected chi connectivity index (χ0v) is 26.5. The molecule has 7 atom stereocenters. The van der Waals surface area contributed by atoms with Crippen LogP contribution in [-0.2, 0) is 4.74 Å². The van der Waals surface area contributed by atoms with Crippen LogP contribution in [0.4, 0.5) is 0 Å². The number of carbonyl (C=O) groups excluding carboxylic acids is 1. The van der Waals surface area contributed by atoms with Gasteiger partial charge in [0.1, 0.15) is 87.3 Å². The molecule has 5 aromatic rings. The average molecular weight is 719 g/mol. The number of hydrogen-bond acceptors (Lipinski definition) is 16. The molecule has 10 N–H and O–H groups in total. The number of rotatable bonds is 6. The lowest BCUT2D eigenvalue weighted by Crippen LogP contribution is -2.60. The van der Waals surface area contributed by atoms with E-state index >= 15 is 0 Å². The van der Waals surface area contributed by atoms with E-state index in [1.54, 1.807) is 0 Å². The van der Waals surface area contributed by atoms with E-state index in [0.29, 0.717) is 0 Å². The third-order valence-corrected chi connectivity index (χ3v) is 9.02. The van der Waals surface area contributed by atoms with Crippen molar-refractivity contribution in [1.29, 1.82) is 0 Å². The van der Waals surface area contributed by atoms with Gasteiger partial charge >= 0.3 is 0 Å². The molecule has 0 bridgehead atoms. The number of Topliss-reactive ketones (excluding diaryl/α,β-unsaturated/α-hetero) is 1. The summed E-state index contributed by atoms with van der Waals surface area (Å²) in [6, 6.07) is 12.8. The number of phenolic OH excluding ortho intramolecular Hbond substituents is 6. The van der Waals surface area contributed by atoms with Gasteiger partial charge in [0.05, 0.1) is 18.1 Å². The van der Waals surface area contributed by atoms with Gasteiger partial charge in [-0.3, -0.25) is 9.59 Å². The van der Waals surface area contributed by atoms with Crippen LogP contribution in [0, 0.1) is 0 Å². The highest BCUT2D eigenvalue weighted by atomic mass is 16.7. The molecule has 7 rings (SSSR count). The molecule has 1 fully saturated rings. The van der Waals surface area contributed by atoms with Gasteiger partial charge in [0.2, 0.25) is 6.29 Å². The summed E-state index contributed by atoms with van der Waals surface area (Å²) in [4.78, 5) is 28.4. The maximum Gasteiger partial charge on any atom is 0.229 e. The van der Waals surface area contributed by atoms with Crippen LogP contribution in [0.2, 0.25) is 0 Å². The summed E-state index contributed by atoms with van der Waals surface area (Å²) in [6.07, 6.45) is -10.4. The van der Waals surface area contributed by atoms with E-state index in [1.807, 2.05) is 0 Å². The Morgan fingerprint density at radius 3 is 2.13 bits per heavy atom. The number of phenols is 6. The van der Waals surface area contributed by atoms with Gasteiger partial charge in [-0.15, -0.1) is 0 Å². The number of fused-ring (bicyclic) bond motifs is 2. The predicted molar refractivity (Wildman–Crippen MR) is 176 cm³/mol. The Bertz CT molecular complexity index is 2260. The zero-order valence-electron chi connectivity index (χ0n) is 26.5. The van der Waals surface area contributed by atoms with Gasteiger partial charge in [0.15, 0.2) is 22.7 Å². The maximum absolute atomic E-state index is 14.7. The fourth-order valence-electron chi connectivity index (χ4n) is 6.44. The van der Waals surface area contributed by atoms with Gasteiger partial charge in [-0.05, 0) is 35.9 Å². The van der Waals surface area contributed by atoms with Gasteiger partial charge in [0, 0.05) is 29.8 Å². The SMILES string of the molecule is O=C1c2c(O)cc(O)cc2OC(c2ccc(O)cc2)C1c1c(O[C@@H]2O[C@H](CO)[C@@H](O)[C@@H](O)[C@H]2O)cc(O)c2c(=O)cc(-c3ccc(O)c(O)c3)oc12. The molecule has 0 spiro atoms. The molecule has 16 nitrogen and oxygen atoms in total. The molecule has 270 valence electrons. The molecule has 0 amide bonds.